The number of ether oxygens (including phenoxy) is 3. The van der Waals surface area contributed by atoms with E-state index in [1.54, 1.807) is 21.3 Å². The zero-order valence-corrected chi connectivity index (χ0v) is 15.3. The van der Waals surface area contributed by atoms with Gasteiger partial charge in [-0.3, -0.25) is 0 Å². The average molecular weight is 345 g/mol. The third kappa shape index (κ3) is 5.11. The molecule has 0 spiro atoms. The molecule has 5 nitrogen and oxygen atoms in total. The normalized spacial score (nSPS) is 13.2. The number of hydrogen-bond donors (Lipinski definition) is 2. The molecule has 0 fully saturated rings. The summed E-state index contributed by atoms with van der Waals surface area (Å²) in [5.74, 6) is 2.14. The predicted octanol–water partition coefficient (Wildman–Crippen LogP) is 2.97. The highest BCUT2D eigenvalue weighted by molar-refractivity contribution is 5.43. The third-order valence-corrected chi connectivity index (χ3v) is 4.15. The molecule has 0 saturated carbocycles. The van der Waals surface area contributed by atoms with Gasteiger partial charge in [-0.2, -0.15) is 0 Å². The summed E-state index contributed by atoms with van der Waals surface area (Å²) >= 11 is 0. The zero-order chi connectivity index (χ0) is 18.2. The van der Waals surface area contributed by atoms with Crippen molar-refractivity contribution >= 4 is 0 Å². The molecule has 2 atom stereocenters. The van der Waals surface area contributed by atoms with Crippen LogP contribution in [0.1, 0.15) is 24.2 Å². The van der Waals surface area contributed by atoms with Crippen LogP contribution in [0.3, 0.4) is 0 Å². The van der Waals surface area contributed by atoms with Crippen LogP contribution in [0.15, 0.2) is 42.5 Å². The van der Waals surface area contributed by atoms with E-state index in [9.17, 15) is 5.11 Å². The summed E-state index contributed by atoms with van der Waals surface area (Å²) in [6, 6.07) is 13.6. The zero-order valence-electron chi connectivity index (χ0n) is 15.3. The molecule has 0 amide bonds. The first-order valence-electron chi connectivity index (χ1n) is 8.34. The number of rotatable bonds is 9. The van der Waals surface area contributed by atoms with Gasteiger partial charge in [-0.1, -0.05) is 24.3 Å². The number of para-hydroxylation sites is 1. The minimum atomic E-state index is -0.621. The van der Waals surface area contributed by atoms with E-state index < -0.39 is 6.10 Å². The minimum Gasteiger partial charge on any atom is -0.496 e. The standard InChI is InChI=1S/C20H27NO4/c1-14(11-15-9-10-19(24-3)20(12-15)25-4)21-13-17(22)16-7-5-6-8-18(16)23-2/h5-10,12,14,17,21-22H,11,13H2,1-4H3. The maximum absolute atomic E-state index is 10.4. The average Bonchev–Trinajstić information content (AvgIpc) is 2.65. The van der Waals surface area contributed by atoms with Crippen molar-refractivity contribution in [2.24, 2.45) is 0 Å². The van der Waals surface area contributed by atoms with Crippen molar-refractivity contribution in [3.05, 3.63) is 53.6 Å². The van der Waals surface area contributed by atoms with Gasteiger partial charge in [-0.25, -0.2) is 0 Å². The Morgan fingerprint density at radius 2 is 1.60 bits per heavy atom. The highest BCUT2D eigenvalue weighted by Gasteiger charge is 2.14. The van der Waals surface area contributed by atoms with Gasteiger partial charge < -0.3 is 24.6 Å². The number of aliphatic hydroxyl groups excluding tert-OH is 1. The van der Waals surface area contributed by atoms with E-state index in [0.29, 0.717) is 12.3 Å². The van der Waals surface area contributed by atoms with E-state index >= 15 is 0 Å². The van der Waals surface area contributed by atoms with E-state index in [1.165, 1.54) is 0 Å². The van der Waals surface area contributed by atoms with Gasteiger partial charge in [0.05, 0.1) is 27.4 Å². The van der Waals surface area contributed by atoms with Crippen LogP contribution >= 0.6 is 0 Å². The van der Waals surface area contributed by atoms with Gasteiger partial charge in [-0.05, 0) is 37.1 Å². The Hall–Kier alpha value is -2.24. The number of methoxy groups -OCH3 is 3. The van der Waals surface area contributed by atoms with Gasteiger partial charge in [-0.15, -0.1) is 0 Å². The Kier molecular flexibility index (Phi) is 7.10. The van der Waals surface area contributed by atoms with E-state index in [-0.39, 0.29) is 6.04 Å². The van der Waals surface area contributed by atoms with E-state index in [2.05, 4.69) is 12.2 Å². The van der Waals surface area contributed by atoms with Crippen LogP contribution in [-0.2, 0) is 6.42 Å². The SMILES string of the molecule is COc1ccc(CC(C)NCC(O)c2ccccc2OC)cc1OC. The van der Waals surface area contributed by atoms with Crippen molar-refractivity contribution in [1.82, 2.24) is 5.32 Å². The van der Waals surface area contributed by atoms with Crippen molar-refractivity contribution in [3.8, 4) is 17.2 Å². The summed E-state index contributed by atoms with van der Waals surface area (Å²) in [5.41, 5.74) is 1.93. The van der Waals surface area contributed by atoms with Crippen LogP contribution in [0.5, 0.6) is 17.2 Å². The van der Waals surface area contributed by atoms with Crippen molar-refractivity contribution in [2.45, 2.75) is 25.5 Å². The molecule has 0 aliphatic carbocycles. The van der Waals surface area contributed by atoms with Crippen LogP contribution < -0.4 is 19.5 Å². The molecule has 5 heteroatoms. The van der Waals surface area contributed by atoms with E-state index in [1.807, 2.05) is 42.5 Å². The quantitative estimate of drug-likeness (QED) is 0.732. The molecule has 2 aromatic carbocycles. The fraction of sp³-hybridized carbons (Fsp3) is 0.400. The lowest BCUT2D eigenvalue weighted by Crippen LogP contribution is -2.32. The Morgan fingerprint density at radius 3 is 2.28 bits per heavy atom. The number of benzene rings is 2. The molecule has 0 aliphatic heterocycles. The van der Waals surface area contributed by atoms with Crippen LogP contribution in [0.4, 0.5) is 0 Å². The van der Waals surface area contributed by atoms with Crippen LogP contribution in [0.25, 0.3) is 0 Å². The molecule has 0 aromatic heterocycles. The molecule has 0 bridgehead atoms. The van der Waals surface area contributed by atoms with Crippen molar-refractivity contribution in [1.29, 1.82) is 0 Å². The largest absolute Gasteiger partial charge is 0.496 e. The topological polar surface area (TPSA) is 60.0 Å². The second-order valence-corrected chi connectivity index (χ2v) is 5.96. The van der Waals surface area contributed by atoms with Gasteiger partial charge >= 0.3 is 0 Å². The summed E-state index contributed by atoms with van der Waals surface area (Å²) in [6.07, 6.45) is 0.197. The maximum atomic E-state index is 10.4. The molecule has 2 unspecified atom stereocenters. The second kappa shape index (κ2) is 9.30. The first-order valence-corrected chi connectivity index (χ1v) is 8.34. The van der Waals surface area contributed by atoms with E-state index in [4.69, 9.17) is 14.2 Å². The molecule has 25 heavy (non-hydrogen) atoms. The smallest absolute Gasteiger partial charge is 0.160 e. The highest BCUT2D eigenvalue weighted by Crippen LogP contribution is 2.28. The lowest BCUT2D eigenvalue weighted by Gasteiger charge is -2.19. The Balaban J connectivity index is 1.93. The van der Waals surface area contributed by atoms with Gasteiger partial charge in [0.2, 0.25) is 0 Å². The fourth-order valence-corrected chi connectivity index (χ4v) is 2.80. The molecule has 0 saturated heterocycles. The van der Waals surface area contributed by atoms with Crippen LogP contribution in [0.2, 0.25) is 0 Å². The molecule has 0 aliphatic rings. The molecular weight excluding hydrogens is 318 g/mol. The third-order valence-electron chi connectivity index (χ3n) is 4.15. The fourth-order valence-electron chi connectivity index (χ4n) is 2.80. The highest BCUT2D eigenvalue weighted by atomic mass is 16.5. The first kappa shape index (κ1) is 19.1. The van der Waals surface area contributed by atoms with Gasteiger partial charge in [0.15, 0.2) is 11.5 Å². The monoisotopic (exact) mass is 345 g/mol. The molecule has 136 valence electrons. The van der Waals surface area contributed by atoms with Gasteiger partial charge in [0.1, 0.15) is 5.75 Å². The molecule has 2 N–H and O–H groups in total. The number of hydrogen-bond acceptors (Lipinski definition) is 5. The van der Waals surface area contributed by atoms with Crippen molar-refractivity contribution in [2.75, 3.05) is 27.9 Å². The maximum Gasteiger partial charge on any atom is 0.160 e. The summed E-state index contributed by atoms with van der Waals surface area (Å²) < 4.78 is 15.9. The summed E-state index contributed by atoms with van der Waals surface area (Å²) in [5, 5.41) is 13.8. The second-order valence-electron chi connectivity index (χ2n) is 5.96. The minimum absolute atomic E-state index is 0.197. The predicted molar refractivity (Wildman–Crippen MR) is 98.7 cm³/mol. The first-order chi connectivity index (χ1) is 12.1. The lowest BCUT2D eigenvalue weighted by atomic mass is 10.0. The van der Waals surface area contributed by atoms with Crippen molar-refractivity contribution in [3.63, 3.8) is 0 Å². The Labute approximate surface area is 149 Å². The number of nitrogens with one attached hydrogen (secondary N) is 1. The summed E-state index contributed by atoms with van der Waals surface area (Å²) in [7, 11) is 4.87. The lowest BCUT2D eigenvalue weighted by molar-refractivity contribution is 0.166. The van der Waals surface area contributed by atoms with E-state index in [0.717, 1.165) is 29.0 Å². The van der Waals surface area contributed by atoms with Gasteiger partial charge in [0, 0.05) is 18.2 Å². The van der Waals surface area contributed by atoms with Crippen LogP contribution in [0, 0.1) is 0 Å². The molecule has 2 rings (SSSR count). The molecular formula is C20H27NO4. The van der Waals surface area contributed by atoms with Crippen molar-refractivity contribution < 1.29 is 19.3 Å². The Morgan fingerprint density at radius 1 is 0.920 bits per heavy atom. The Bertz CT molecular complexity index is 674. The van der Waals surface area contributed by atoms with Gasteiger partial charge in [0.25, 0.3) is 0 Å². The molecule has 0 heterocycles. The summed E-state index contributed by atoms with van der Waals surface area (Å²) in [6.45, 7) is 2.54. The van der Waals surface area contributed by atoms with Crippen LogP contribution in [-0.4, -0.2) is 39.0 Å². The molecule has 0 radical (unpaired) electrons. The summed E-state index contributed by atoms with van der Waals surface area (Å²) in [4.78, 5) is 0. The number of aliphatic hydroxyl groups is 1. The molecule has 2 aromatic rings.